The van der Waals surface area contributed by atoms with Gasteiger partial charge in [-0.3, -0.25) is 4.57 Å². The maximum absolute atomic E-state index is 10.9. The van der Waals surface area contributed by atoms with E-state index in [0.29, 0.717) is 30.1 Å². The van der Waals surface area contributed by atoms with E-state index in [-0.39, 0.29) is 5.82 Å². The molecule has 172 valence electrons. The molecule has 3 aromatic rings. The van der Waals surface area contributed by atoms with Crippen molar-refractivity contribution in [3.63, 3.8) is 0 Å². The molecule has 11 nitrogen and oxygen atoms in total. The van der Waals surface area contributed by atoms with Crippen molar-refractivity contribution in [1.82, 2.24) is 24.4 Å². The van der Waals surface area contributed by atoms with Crippen LogP contribution in [0.1, 0.15) is 19.1 Å². The maximum Gasteiger partial charge on any atom is 0.168 e. The van der Waals surface area contributed by atoms with E-state index in [1.54, 1.807) is 4.57 Å². The van der Waals surface area contributed by atoms with Crippen LogP contribution >= 0.6 is 0 Å². The van der Waals surface area contributed by atoms with Crippen molar-refractivity contribution < 1.29 is 19.8 Å². The zero-order valence-electron chi connectivity index (χ0n) is 17.9. The van der Waals surface area contributed by atoms with Gasteiger partial charge >= 0.3 is 0 Å². The first-order valence-electron chi connectivity index (χ1n) is 10.6. The van der Waals surface area contributed by atoms with E-state index in [0.717, 1.165) is 24.9 Å². The molecule has 0 spiro atoms. The Bertz CT molecular complexity index is 1030. The quantitative estimate of drug-likeness (QED) is 0.268. The number of nitrogens with two attached hydrogens (primary N) is 2. The summed E-state index contributed by atoms with van der Waals surface area (Å²) < 4.78 is 7.86. The van der Waals surface area contributed by atoms with Crippen molar-refractivity contribution in [3.05, 3.63) is 36.7 Å². The highest BCUT2D eigenvalue weighted by Crippen LogP contribution is 2.36. The summed E-state index contributed by atoms with van der Waals surface area (Å²) in [6, 6.07) is 9.48. The SMILES string of the molecule is CN(CCCCON)C[C@H]1O[C@@H](n2c(-c3ccccc3)nc3c(N)ncnc32)C(O)C1O. The minimum atomic E-state index is -1.17. The van der Waals surface area contributed by atoms with E-state index in [1.165, 1.54) is 6.33 Å². The Morgan fingerprint density at radius 1 is 1.16 bits per heavy atom. The second kappa shape index (κ2) is 9.86. The number of fused-ring (bicyclic) bond motifs is 1. The summed E-state index contributed by atoms with van der Waals surface area (Å²) in [4.78, 5) is 19.6. The lowest BCUT2D eigenvalue weighted by molar-refractivity contribution is -0.0414. The third kappa shape index (κ3) is 4.44. The van der Waals surface area contributed by atoms with Gasteiger partial charge in [0, 0.05) is 12.1 Å². The second-order valence-corrected chi connectivity index (χ2v) is 7.99. The number of likely N-dealkylation sites (N-methyl/N-ethyl adjacent to an activating group) is 1. The van der Waals surface area contributed by atoms with Gasteiger partial charge in [-0.2, -0.15) is 0 Å². The number of hydrogen-bond donors (Lipinski definition) is 4. The van der Waals surface area contributed by atoms with Crippen LogP contribution in [-0.2, 0) is 9.57 Å². The van der Waals surface area contributed by atoms with Gasteiger partial charge in [0.05, 0.1) is 6.61 Å². The molecule has 0 aliphatic carbocycles. The minimum absolute atomic E-state index is 0.233. The first-order chi connectivity index (χ1) is 15.5. The Morgan fingerprint density at radius 2 is 1.94 bits per heavy atom. The Labute approximate surface area is 185 Å². The van der Waals surface area contributed by atoms with E-state index >= 15 is 0 Å². The van der Waals surface area contributed by atoms with Gasteiger partial charge in [0.15, 0.2) is 23.2 Å². The van der Waals surface area contributed by atoms with Gasteiger partial charge in [-0.25, -0.2) is 20.8 Å². The van der Waals surface area contributed by atoms with E-state index in [2.05, 4.69) is 19.8 Å². The topological polar surface area (TPSA) is 158 Å². The number of ether oxygens (including phenoxy) is 1. The van der Waals surface area contributed by atoms with Crippen LogP contribution in [0.25, 0.3) is 22.6 Å². The first-order valence-corrected chi connectivity index (χ1v) is 10.6. The standard InChI is InChI=1S/C21H29N7O4/c1-27(9-5-6-10-31-23)11-14-16(29)17(30)21(32-14)28-19(13-7-3-2-4-8-13)26-15-18(22)24-12-25-20(15)28/h2-4,7-8,12,14,16-17,21,29-30H,5-6,9-11,23H2,1H3,(H2,22,24,25)/t14-,16?,17?,21-/m1/s1. The number of nitrogen functional groups attached to an aromatic ring is 1. The molecular weight excluding hydrogens is 414 g/mol. The number of anilines is 1. The fourth-order valence-corrected chi connectivity index (χ4v) is 4.02. The second-order valence-electron chi connectivity index (χ2n) is 7.99. The predicted molar refractivity (Wildman–Crippen MR) is 118 cm³/mol. The first kappa shape index (κ1) is 22.5. The fraction of sp³-hybridized carbons (Fsp3) is 0.476. The molecule has 1 saturated heterocycles. The van der Waals surface area contributed by atoms with Crippen molar-refractivity contribution in [1.29, 1.82) is 0 Å². The molecule has 4 rings (SSSR count). The average Bonchev–Trinajstić information content (AvgIpc) is 3.31. The highest BCUT2D eigenvalue weighted by Gasteiger charge is 2.45. The molecule has 1 aromatic carbocycles. The monoisotopic (exact) mass is 443 g/mol. The van der Waals surface area contributed by atoms with E-state index in [1.807, 2.05) is 42.3 Å². The normalized spacial score (nSPS) is 23.4. The number of hydrogen-bond acceptors (Lipinski definition) is 10. The fourth-order valence-electron chi connectivity index (χ4n) is 4.02. The molecule has 2 aromatic heterocycles. The highest BCUT2D eigenvalue weighted by molar-refractivity contribution is 5.85. The number of rotatable bonds is 9. The third-order valence-electron chi connectivity index (χ3n) is 5.67. The summed E-state index contributed by atoms with van der Waals surface area (Å²) in [5.74, 6) is 5.82. The molecule has 0 amide bonds. The van der Waals surface area contributed by atoms with Crippen molar-refractivity contribution >= 4 is 17.0 Å². The largest absolute Gasteiger partial charge is 0.387 e. The molecule has 1 aliphatic heterocycles. The predicted octanol–water partition coefficient (Wildman–Crippen LogP) is 0.297. The number of nitrogens with zero attached hydrogens (tertiary/aromatic N) is 5. The number of aliphatic hydroxyl groups excluding tert-OH is 2. The van der Waals surface area contributed by atoms with Crippen LogP contribution in [0.4, 0.5) is 5.82 Å². The zero-order chi connectivity index (χ0) is 22.7. The number of aromatic nitrogens is 4. The summed E-state index contributed by atoms with van der Waals surface area (Å²) in [6.45, 7) is 1.73. The molecule has 0 bridgehead atoms. The third-order valence-corrected chi connectivity index (χ3v) is 5.67. The summed E-state index contributed by atoms with van der Waals surface area (Å²) in [7, 11) is 1.94. The van der Waals surface area contributed by atoms with Crippen molar-refractivity contribution in [2.24, 2.45) is 5.90 Å². The van der Waals surface area contributed by atoms with Crippen molar-refractivity contribution in [3.8, 4) is 11.4 Å². The number of unbranched alkanes of at least 4 members (excludes halogenated alkanes) is 1. The zero-order valence-corrected chi connectivity index (χ0v) is 17.9. The van der Waals surface area contributed by atoms with Crippen LogP contribution in [0, 0.1) is 0 Å². The summed E-state index contributed by atoms with van der Waals surface area (Å²) in [5, 5.41) is 21.7. The Kier molecular flexibility index (Phi) is 6.94. The summed E-state index contributed by atoms with van der Waals surface area (Å²) >= 11 is 0. The van der Waals surface area contributed by atoms with Gasteiger partial charge in [0.25, 0.3) is 0 Å². The molecule has 0 saturated carbocycles. The van der Waals surface area contributed by atoms with Crippen molar-refractivity contribution in [2.45, 2.75) is 37.4 Å². The minimum Gasteiger partial charge on any atom is -0.387 e. The van der Waals surface area contributed by atoms with Crippen LogP contribution in [0.3, 0.4) is 0 Å². The van der Waals surface area contributed by atoms with Crippen molar-refractivity contribution in [2.75, 3.05) is 32.5 Å². The van der Waals surface area contributed by atoms with Gasteiger partial charge in [0.1, 0.15) is 30.5 Å². The molecular formula is C21H29N7O4. The molecule has 1 aliphatic rings. The smallest absolute Gasteiger partial charge is 0.168 e. The van der Waals surface area contributed by atoms with Gasteiger partial charge in [0.2, 0.25) is 0 Å². The van der Waals surface area contributed by atoms with E-state index < -0.39 is 24.5 Å². The lowest BCUT2D eigenvalue weighted by Gasteiger charge is -2.23. The lowest BCUT2D eigenvalue weighted by atomic mass is 10.1. The van der Waals surface area contributed by atoms with Gasteiger partial charge in [-0.05, 0) is 26.4 Å². The maximum atomic E-state index is 10.9. The molecule has 1 fully saturated rings. The molecule has 32 heavy (non-hydrogen) atoms. The van der Waals surface area contributed by atoms with Gasteiger partial charge in [-0.15, -0.1) is 0 Å². The van der Waals surface area contributed by atoms with Crippen LogP contribution in [0.2, 0.25) is 0 Å². The summed E-state index contributed by atoms with van der Waals surface area (Å²) in [5.41, 5.74) is 7.69. The number of benzene rings is 1. The molecule has 0 radical (unpaired) electrons. The molecule has 11 heteroatoms. The van der Waals surface area contributed by atoms with Crippen LogP contribution in [-0.4, -0.2) is 79.7 Å². The summed E-state index contributed by atoms with van der Waals surface area (Å²) in [6.07, 6.45) is -0.649. The Hall–Kier alpha value is -2.67. The van der Waals surface area contributed by atoms with E-state index in [9.17, 15) is 10.2 Å². The average molecular weight is 444 g/mol. The van der Waals surface area contributed by atoms with Crippen LogP contribution in [0.15, 0.2) is 36.7 Å². The molecule has 6 N–H and O–H groups in total. The van der Waals surface area contributed by atoms with Crippen LogP contribution in [0.5, 0.6) is 0 Å². The van der Waals surface area contributed by atoms with E-state index in [4.69, 9.17) is 16.4 Å². The van der Waals surface area contributed by atoms with Gasteiger partial charge < -0.3 is 30.4 Å². The Morgan fingerprint density at radius 3 is 2.69 bits per heavy atom. The molecule has 2 unspecified atom stereocenters. The number of imidazole rings is 1. The molecule has 3 heterocycles. The number of aliphatic hydroxyl groups is 2. The van der Waals surface area contributed by atoms with Gasteiger partial charge in [-0.1, -0.05) is 30.3 Å². The lowest BCUT2D eigenvalue weighted by Crippen LogP contribution is -2.38. The Balaban J connectivity index is 1.62. The molecule has 4 atom stereocenters. The highest BCUT2D eigenvalue weighted by atomic mass is 16.6. The van der Waals surface area contributed by atoms with Crippen LogP contribution < -0.4 is 11.6 Å².